The molecule has 0 saturated carbocycles. The van der Waals surface area contributed by atoms with Gasteiger partial charge in [-0.3, -0.25) is 4.90 Å². The largest absolute Gasteiger partial charge is 0.480 e. The summed E-state index contributed by atoms with van der Waals surface area (Å²) in [4.78, 5) is 12.5. The van der Waals surface area contributed by atoms with Crippen LogP contribution in [0.3, 0.4) is 0 Å². The number of aliphatic carboxylic acids is 1. The zero-order chi connectivity index (χ0) is 13.2. The molecule has 98 valence electrons. The Hall–Kier alpha value is -1.46. The highest BCUT2D eigenvalue weighted by molar-refractivity contribution is 5.68. The first-order chi connectivity index (χ1) is 8.47. The highest BCUT2D eigenvalue weighted by atomic mass is 19.1. The first-order valence-electron chi connectivity index (χ1n) is 5.79. The minimum atomic E-state index is -0.959. The summed E-state index contributed by atoms with van der Waals surface area (Å²) < 4.78 is 18.3. The Balaban J connectivity index is 1.80. The molecular formula is C13H16FNO3. The fraction of sp³-hybridized carbons (Fsp3) is 0.462. The number of rotatable bonds is 5. The van der Waals surface area contributed by atoms with E-state index in [1.54, 1.807) is 6.07 Å². The van der Waals surface area contributed by atoms with Crippen LogP contribution < -0.4 is 0 Å². The van der Waals surface area contributed by atoms with Crippen molar-refractivity contribution in [2.45, 2.75) is 19.1 Å². The highest BCUT2D eigenvalue weighted by Crippen LogP contribution is 2.26. The number of hydrogen-bond donors (Lipinski definition) is 1. The molecule has 0 aromatic heterocycles. The Morgan fingerprint density at radius 3 is 2.89 bits per heavy atom. The molecule has 0 aliphatic carbocycles. The van der Waals surface area contributed by atoms with Crippen LogP contribution in [-0.4, -0.2) is 41.3 Å². The predicted octanol–water partition coefficient (Wildman–Crippen LogP) is 1.50. The van der Waals surface area contributed by atoms with Crippen LogP contribution in [0.1, 0.15) is 12.5 Å². The van der Waals surface area contributed by atoms with E-state index in [1.165, 1.54) is 12.1 Å². The lowest BCUT2D eigenvalue weighted by Gasteiger charge is -2.47. The van der Waals surface area contributed by atoms with Crippen LogP contribution in [0.15, 0.2) is 24.3 Å². The number of benzene rings is 1. The van der Waals surface area contributed by atoms with Crippen molar-refractivity contribution < 1.29 is 19.0 Å². The minimum absolute atomic E-state index is 0.238. The maximum Gasteiger partial charge on any atom is 0.329 e. The van der Waals surface area contributed by atoms with Crippen LogP contribution in [0.5, 0.6) is 0 Å². The smallest absolute Gasteiger partial charge is 0.329 e. The van der Waals surface area contributed by atoms with Crippen molar-refractivity contribution in [1.82, 2.24) is 4.90 Å². The van der Waals surface area contributed by atoms with Crippen molar-refractivity contribution in [1.29, 1.82) is 0 Å². The molecule has 2 rings (SSSR count). The molecule has 1 heterocycles. The van der Waals surface area contributed by atoms with Gasteiger partial charge in [0.15, 0.2) is 0 Å². The number of likely N-dealkylation sites (tertiary alicyclic amines) is 1. The third kappa shape index (κ3) is 3.27. The Morgan fingerprint density at radius 1 is 1.56 bits per heavy atom. The summed E-state index contributed by atoms with van der Waals surface area (Å²) in [5, 5.41) is 8.55. The van der Waals surface area contributed by atoms with E-state index in [0.717, 1.165) is 5.56 Å². The van der Waals surface area contributed by atoms with Crippen LogP contribution in [-0.2, 0) is 16.1 Å². The van der Waals surface area contributed by atoms with Crippen molar-refractivity contribution in [3.8, 4) is 0 Å². The van der Waals surface area contributed by atoms with Crippen LogP contribution in [0.4, 0.5) is 4.39 Å². The minimum Gasteiger partial charge on any atom is -0.480 e. The zero-order valence-electron chi connectivity index (χ0n) is 10.2. The van der Waals surface area contributed by atoms with Crippen molar-refractivity contribution in [2.24, 2.45) is 0 Å². The average Bonchev–Trinajstić information content (AvgIpc) is 2.24. The fourth-order valence-corrected chi connectivity index (χ4v) is 2.23. The second kappa shape index (κ2) is 5.04. The van der Waals surface area contributed by atoms with E-state index in [1.807, 2.05) is 13.0 Å². The first-order valence-corrected chi connectivity index (χ1v) is 5.79. The molecule has 0 spiro atoms. The van der Waals surface area contributed by atoms with Crippen LogP contribution >= 0.6 is 0 Å². The van der Waals surface area contributed by atoms with Crippen molar-refractivity contribution >= 4 is 5.97 Å². The van der Waals surface area contributed by atoms with Gasteiger partial charge in [0.25, 0.3) is 0 Å². The molecule has 1 aliphatic heterocycles. The van der Waals surface area contributed by atoms with Crippen LogP contribution in [0.2, 0.25) is 0 Å². The molecule has 1 aromatic rings. The van der Waals surface area contributed by atoms with E-state index in [9.17, 15) is 9.18 Å². The standard InChI is InChI=1S/C13H16FNO3/c1-13(18-7-12(16)17)8-15(9-13)6-10-3-2-4-11(14)5-10/h2-5H,6-9H2,1H3,(H,16,17). The number of carboxylic acids is 1. The predicted molar refractivity (Wildman–Crippen MR) is 63.7 cm³/mol. The summed E-state index contributed by atoms with van der Waals surface area (Å²) in [5.74, 6) is -1.20. The van der Waals surface area contributed by atoms with Gasteiger partial charge in [-0.1, -0.05) is 12.1 Å². The molecule has 5 heteroatoms. The Bertz CT molecular complexity index is 444. The Labute approximate surface area is 105 Å². The van der Waals surface area contributed by atoms with Gasteiger partial charge in [0, 0.05) is 19.6 Å². The summed E-state index contributed by atoms with van der Waals surface area (Å²) in [6, 6.07) is 6.48. The summed E-state index contributed by atoms with van der Waals surface area (Å²) in [5.41, 5.74) is 0.515. The second-order valence-corrected chi connectivity index (χ2v) is 4.91. The molecule has 18 heavy (non-hydrogen) atoms. The summed E-state index contributed by atoms with van der Waals surface area (Å²) in [6.07, 6.45) is 0. The Morgan fingerprint density at radius 2 is 2.28 bits per heavy atom. The molecule has 0 atom stereocenters. The van der Waals surface area contributed by atoms with Gasteiger partial charge in [0.2, 0.25) is 0 Å². The quantitative estimate of drug-likeness (QED) is 0.864. The van der Waals surface area contributed by atoms with E-state index < -0.39 is 11.6 Å². The van der Waals surface area contributed by atoms with Gasteiger partial charge in [0.1, 0.15) is 12.4 Å². The van der Waals surface area contributed by atoms with E-state index >= 15 is 0 Å². The topological polar surface area (TPSA) is 49.8 Å². The van der Waals surface area contributed by atoms with Crippen molar-refractivity contribution in [3.63, 3.8) is 0 Å². The number of carbonyl (C=O) groups is 1. The SMILES string of the molecule is CC1(OCC(=O)O)CN(Cc2cccc(F)c2)C1. The monoisotopic (exact) mass is 253 g/mol. The molecular weight excluding hydrogens is 237 g/mol. The van der Waals surface area contributed by atoms with Gasteiger partial charge in [0.05, 0.1) is 5.60 Å². The maximum atomic E-state index is 13.0. The van der Waals surface area contributed by atoms with E-state index in [4.69, 9.17) is 9.84 Å². The molecule has 1 N–H and O–H groups in total. The summed E-state index contributed by atoms with van der Waals surface area (Å²) in [6.45, 7) is 3.60. The lowest BCUT2D eigenvalue weighted by Crippen LogP contribution is -2.61. The lowest BCUT2D eigenvalue weighted by atomic mass is 9.95. The number of ether oxygens (including phenoxy) is 1. The number of halogens is 1. The van der Waals surface area contributed by atoms with Crippen LogP contribution in [0.25, 0.3) is 0 Å². The van der Waals surface area contributed by atoms with Crippen LogP contribution in [0, 0.1) is 5.82 Å². The second-order valence-electron chi connectivity index (χ2n) is 4.91. The number of carboxylic acid groups (broad SMARTS) is 1. The number of nitrogens with zero attached hydrogens (tertiary/aromatic N) is 1. The molecule has 1 aliphatic rings. The highest BCUT2D eigenvalue weighted by Gasteiger charge is 2.39. The van der Waals surface area contributed by atoms with Gasteiger partial charge in [-0.25, -0.2) is 9.18 Å². The lowest BCUT2D eigenvalue weighted by molar-refractivity contribution is -0.165. The molecule has 1 saturated heterocycles. The van der Waals surface area contributed by atoms with E-state index in [-0.39, 0.29) is 12.4 Å². The number of hydrogen-bond acceptors (Lipinski definition) is 3. The summed E-state index contributed by atoms with van der Waals surface area (Å²) in [7, 11) is 0. The average molecular weight is 253 g/mol. The fourth-order valence-electron chi connectivity index (χ4n) is 2.23. The van der Waals surface area contributed by atoms with Gasteiger partial charge in [-0.15, -0.1) is 0 Å². The summed E-state index contributed by atoms with van der Waals surface area (Å²) >= 11 is 0. The third-order valence-corrected chi connectivity index (χ3v) is 2.96. The molecule has 0 unspecified atom stereocenters. The molecule has 1 aromatic carbocycles. The van der Waals surface area contributed by atoms with Gasteiger partial charge >= 0.3 is 5.97 Å². The molecule has 0 amide bonds. The zero-order valence-corrected chi connectivity index (χ0v) is 10.2. The van der Waals surface area contributed by atoms with E-state index in [2.05, 4.69) is 4.90 Å². The van der Waals surface area contributed by atoms with Crippen molar-refractivity contribution in [2.75, 3.05) is 19.7 Å². The first kappa shape index (κ1) is 13.0. The maximum absolute atomic E-state index is 13.0. The Kier molecular flexibility index (Phi) is 3.63. The normalized spacial score (nSPS) is 18.3. The molecule has 4 nitrogen and oxygen atoms in total. The molecule has 0 radical (unpaired) electrons. The van der Waals surface area contributed by atoms with Gasteiger partial charge in [-0.2, -0.15) is 0 Å². The third-order valence-electron chi connectivity index (χ3n) is 2.96. The van der Waals surface area contributed by atoms with Gasteiger partial charge in [-0.05, 0) is 24.6 Å². The van der Waals surface area contributed by atoms with Gasteiger partial charge < -0.3 is 9.84 Å². The van der Waals surface area contributed by atoms with E-state index in [0.29, 0.717) is 19.6 Å². The molecule has 1 fully saturated rings. The molecule has 0 bridgehead atoms. The van der Waals surface area contributed by atoms with Crippen molar-refractivity contribution in [3.05, 3.63) is 35.6 Å².